The van der Waals surface area contributed by atoms with Gasteiger partial charge >= 0.3 is 0 Å². The lowest BCUT2D eigenvalue weighted by molar-refractivity contribution is 0.222. The molecule has 1 aromatic carbocycles. The molecule has 1 aliphatic carbocycles. The van der Waals surface area contributed by atoms with Crippen molar-refractivity contribution in [2.75, 3.05) is 49.1 Å². The summed E-state index contributed by atoms with van der Waals surface area (Å²) in [7, 11) is 0. The number of halogens is 1. The van der Waals surface area contributed by atoms with Crippen molar-refractivity contribution < 1.29 is 4.42 Å². The summed E-state index contributed by atoms with van der Waals surface area (Å²) in [5.41, 5.74) is 5.10. The Morgan fingerprint density at radius 2 is 1.62 bits per heavy atom. The van der Waals surface area contributed by atoms with Crippen molar-refractivity contribution in [2.24, 2.45) is 5.41 Å². The van der Waals surface area contributed by atoms with Crippen LogP contribution >= 0.6 is 12.4 Å². The van der Waals surface area contributed by atoms with Gasteiger partial charge in [-0.3, -0.25) is 4.90 Å². The molecule has 3 heterocycles. The van der Waals surface area contributed by atoms with Gasteiger partial charge in [-0.1, -0.05) is 13.8 Å². The summed E-state index contributed by atoms with van der Waals surface area (Å²) in [6.07, 6.45) is 9.83. The molecule has 2 aromatic rings. The lowest BCUT2D eigenvalue weighted by atomic mass is 9.71. The van der Waals surface area contributed by atoms with Gasteiger partial charge in [-0.15, -0.1) is 12.4 Å². The number of benzene rings is 1. The minimum absolute atomic E-state index is 0. The quantitative estimate of drug-likeness (QED) is 0.524. The van der Waals surface area contributed by atoms with E-state index in [1.807, 2.05) is 6.07 Å². The molecule has 0 atom stereocenters. The van der Waals surface area contributed by atoms with E-state index in [9.17, 15) is 0 Å². The highest BCUT2D eigenvalue weighted by atomic mass is 35.5. The molecule has 32 heavy (non-hydrogen) atoms. The van der Waals surface area contributed by atoms with Gasteiger partial charge in [-0.05, 0) is 85.8 Å². The van der Waals surface area contributed by atoms with Crippen molar-refractivity contribution in [2.45, 2.75) is 64.8 Å². The van der Waals surface area contributed by atoms with E-state index >= 15 is 0 Å². The molecule has 0 spiro atoms. The third kappa shape index (κ3) is 5.28. The normalized spacial score (nSPS) is 22.2. The largest absolute Gasteiger partial charge is 0.468 e. The van der Waals surface area contributed by atoms with E-state index in [0.29, 0.717) is 11.3 Å². The SMILES string of the molecule is CC1(C)CCC(c2cc(N3CCCC3)ccc2N2CCN(Cc3ccco3)CC2)CC1.Cl. The van der Waals surface area contributed by atoms with Crippen molar-refractivity contribution in [1.82, 2.24) is 4.90 Å². The summed E-state index contributed by atoms with van der Waals surface area (Å²) in [5.74, 6) is 1.79. The van der Waals surface area contributed by atoms with Crippen LogP contribution in [0.5, 0.6) is 0 Å². The smallest absolute Gasteiger partial charge is 0.117 e. The van der Waals surface area contributed by atoms with Crippen molar-refractivity contribution in [1.29, 1.82) is 0 Å². The third-order valence-electron chi connectivity index (χ3n) is 7.93. The van der Waals surface area contributed by atoms with Gasteiger partial charge in [0.1, 0.15) is 5.76 Å². The first-order valence-electron chi connectivity index (χ1n) is 12.5. The molecule has 5 heteroatoms. The molecule has 1 saturated carbocycles. The zero-order chi connectivity index (χ0) is 21.3. The molecular formula is C27H40ClN3O. The highest BCUT2D eigenvalue weighted by Crippen LogP contribution is 2.46. The molecule has 0 bridgehead atoms. The highest BCUT2D eigenvalue weighted by molar-refractivity contribution is 5.85. The maximum absolute atomic E-state index is 5.56. The summed E-state index contributed by atoms with van der Waals surface area (Å²) in [4.78, 5) is 7.78. The van der Waals surface area contributed by atoms with Crippen LogP contribution in [0.4, 0.5) is 11.4 Å². The van der Waals surface area contributed by atoms with Crippen LogP contribution in [0.15, 0.2) is 41.0 Å². The molecule has 1 aromatic heterocycles. The Kier molecular flexibility index (Phi) is 7.41. The van der Waals surface area contributed by atoms with Crippen molar-refractivity contribution >= 4 is 23.8 Å². The zero-order valence-electron chi connectivity index (χ0n) is 19.9. The predicted molar refractivity (Wildman–Crippen MR) is 136 cm³/mol. The van der Waals surface area contributed by atoms with Crippen LogP contribution in [0.25, 0.3) is 0 Å². The van der Waals surface area contributed by atoms with Crippen LogP contribution in [0.3, 0.4) is 0 Å². The number of furan rings is 1. The van der Waals surface area contributed by atoms with Gasteiger partial charge < -0.3 is 14.2 Å². The van der Waals surface area contributed by atoms with E-state index in [1.54, 1.807) is 11.8 Å². The van der Waals surface area contributed by atoms with Gasteiger partial charge in [0.2, 0.25) is 0 Å². The maximum atomic E-state index is 5.56. The van der Waals surface area contributed by atoms with E-state index in [4.69, 9.17) is 4.42 Å². The molecule has 2 saturated heterocycles. The topological polar surface area (TPSA) is 22.9 Å². The summed E-state index contributed by atoms with van der Waals surface area (Å²) >= 11 is 0. The Labute approximate surface area is 200 Å². The summed E-state index contributed by atoms with van der Waals surface area (Å²) in [6, 6.07) is 11.5. The second-order valence-electron chi connectivity index (χ2n) is 10.7. The van der Waals surface area contributed by atoms with E-state index in [1.165, 1.54) is 63.0 Å². The molecular weight excluding hydrogens is 418 g/mol. The number of rotatable bonds is 5. The number of nitrogens with zero attached hydrogens (tertiary/aromatic N) is 3. The van der Waals surface area contributed by atoms with Gasteiger partial charge in [0.15, 0.2) is 0 Å². The summed E-state index contributed by atoms with van der Waals surface area (Å²) in [5, 5.41) is 0. The molecule has 5 rings (SSSR count). The van der Waals surface area contributed by atoms with Crippen LogP contribution < -0.4 is 9.80 Å². The molecule has 2 aliphatic heterocycles. The van der Waals surface area contributed by atoms with E-state index in [2.05, 4.69) is 52.8 Å². The van der Waals surface area contributed by atoms with Crippen LogP contribution in [-0.4, -0.2) is 44.2 Å². The first-order chi connectivity index (χ1) is 15.1. The first kappa shape index (κ1) is 23.5. The van der Waals surface area contributed by atoms with Crippen molar-refractivity contribution in [3.8, 4) is 0 Å². The molecule has 0 N–H and O–H groups in total. The van der Waals surface area contributed by atoms with Crippen LogP contribution in [-0.2, 0) is 6.54 Å². The van der Waals surface area contributed by atoms with Crippen molar-refractivity contribution in [3.63, 3.8) is 0 Å². The number of piperazine rings is 1. The summed E-state index contributed by atoms with van der Waals surface area (Å²) in [6.45, 7) is 12.7. The summed E-state index contributed by atoms with van der Waals surface area (Å²) < 4.78 is 5.56. The highest BCUT2D eigenvalue weighted by Gasteiger charge is 2.31. The Bertz CT molecular complexity index is 842. The predicted octanol–water partition coefficient (Wildman–Crippen LogP) is 6.31. The van der Waals surface area contributed by atoms with Gasteiger partial charge in [-0.25, -0.2) is 0 Å². The maximum Gasteiger partial charge on any atom is 0.117 e. The molecule has 3 aliphatic rings. The van der Waals surface area contributed by atoms with Crippen LogP contribution in [0.2, 0.25) is 0 Å². The second kappa shape index (κ2) is 10.1. The van der Waals surface area contributed by atoms with Gasteiger partial charge in [0, 0.05) is 50.6 Å². The van der Waals surface area contributed by atoms with Crippen LogP contribution in [0, 0.1) is 5.41 Å². The fraction of sp³-hybridized carbons (Fsp3) is 0.630. The molecule has 0 radical (unpaired) electrons. The van der Waals surface area contributed by atoms with E-state index < -0.39 is 0 Å². The zero-order valence-corrected chi connectivity index (χ0v) is 20.7. The Hall–Kier alpha value is -1.65. The van der Waals surface area contributed by atoms with Crippen molar-refractivity contribution in [3.05, 3.63) is 47.9 Å². The molecule has 0 unspecified atom stereocenters. The van der Waals surface area contributed by atoms with Gasteiger partial charge in [-0.2, -0.15) is 0 Å². The Balaban J connectivity index is 0.00000245. The third-order valence-corrected chi connectivity index (χ3v) is 7.93. The lowest BCUT2D eigenvalue weighted by Crippen LogP contribution is -2.46. The number of anilines is 2. The Morgan fingerprint density at radius 1 is 0.906 bits per heavy atom. The second-order valence-corrected chi connectivity index (χ2v) is 10.7. The minimum atomic E-state index is 0. The fourth-order valence-electron chi connectivity index (χ4n) is 5.81. The Morgan fingerprint density at radius 3 is 2.28 bits per heavy atom. The number of hydrogen-bond donors (Lipinski definition) is 0. The van der Waals surface area contributed by atoms with E-state index in [0.717, 1.165) is 38.5 Å². The lowest BCUT2D eigenvalue weighted by Gasteiger charge is -2.40. The standard InChI is InChI=1S/C27H39N3O.ClH/c1-27(2)11-9-22(10-12-27)25-20-23(29-13-3-4-14-29)7-8-26(25)30-17-15-28(16-18-30)21-24-6-5-19-31-24;/h5-8,19-20,22H,3-4,9-18,21H2,1-2H3;1H. The average Bonchev–Trinajstić information content (AvgIpc) is 3.49. The number of hydrogen-bond acceptors (Lipinski definition) is 4. The first-order valence-corrected chi connectivity index (χ1v) is 12.5. The molecule has 0 amide bonds. The monoisotopic (exact) mass is 457 g/mol. The van der Waals surface area contributed by atoms with E-state index in [-0.39, 0.29) is 12.4 Å². The fourth-order valence-corrected chi connectivity index (χ4v) is 5.81. The average molecular weight is 458 g/mol. The molecule has 4 nitrogen and oxygen atoms in total. The van der Waals surface area contributed by atoms with Gasteiger partial charge in [0.25, 0.3) is 0 Å². The van der Waals surface area contributed by atoms with Crippen LogP contribution in [0.1, 0.15) is 69.6 Å². The molecule has 3 fully saturated rings. The minimum Gasteiger partial charge on any atom is -0.468 e. The molecule has 176 valence electrons. The van der Waals surface area contributed by atoms with Gasteiger partial charge in [0.05, 0.1) is 12.8 Å².